The molecule has 1 rings (SSSR count). The second kappa shape index (κ2) is 11.1. The van der Waals surface area contributed by atoms with Gasteiger partial charge in [-0.2, -0.15) is 0 Å². The van der Waals surface area contributed by atoms with Gasteiger partial charge in [-0.25, -0.2) is 4.39 Å². The molecule has 3 nitrogen and oxygen atoms in total. The van der Waals surface area contributed by atoms with Crippen molar-refractivity contribution in [1.29, 1.82) is 0 Å². The largest absolute Gasteiger partial charge is 0.349 e. The van der Waals surface area contributed by atoms with Gasteiger partial charge in [-0.3, -0.25) is 4.79 Å². The van der Waals surface area contributed by atoms with Crippen molar-refractivity contribution in [2.24, 2.45) is 5.73 Å². The van der Waals surface area contributed by atoms with Crippen LogP contribution in [0, 0.1) is 5.82 Å². The Hall–Kier alpha value is -0.550. The van der Waals surface area contributed by atoms with Crippen LogP contribution in [0.1, 0.15) is 50.6 Å². The van der Waals surface area contributed by atoms with Crippen molar-refractivity contribution >= 4 is 41.5 Å². The van der Waals surface area contributed by atoms with E-state index in [0.717, 1.165) is 25.7 Å². The lowest BCUT2D eigenvalue weighted by Gasteiger charge is -2.17. The number of hydrogen-bond donors (Lipinski definition) is 2. The molecule has 0 aromatic heterocycles. The molecule has 0 aliphatic rings. The van der Waals surface area contributed by atoms with Gasteiger partial charge in [0.2, 0.25) is 5.91 Å². The fourth-order valence-corrected chi connectivity index (χ4v) is 2.81. The highest BCUT2D eigenvalue weighted by Gasteiger charge is 2.18. The Labute approximate surface area is 147 Å². The molecule has 22 heavy (non-hydrogen) atoms. The van der Waals surface area contributed by atoms with Gasteiger partial charge in [0.25, 0.3) is 0 Å². The predicted molar refractivity (Wildman–Crippen MR) is 92.4 cm³/mol. The first-order valence-electron chi connectivity index (χ1n) is 7.10. The number of nitrogens with one attached hydrogen (secondary N) is 1. The van der Waals surface area contributed by atoms with Crippen molar-refractivity contribution < 1.29 is 9.18 Å². The summed E-state index contributed by atoms with van der Waals surface area (Å²) in [6, 6.07) is 2.21. The summed E-state index contributed by atoms with van der Waals surface area (Å²) in [6.45, 7) is 2.42. The van der Waals surface area contributed by atoms with E-state index in [-0.39, 0.29) is 23.3 Å². The van der Waals surface area contributed by atoms with Gasteiger partial charge < -0.3 is 11.1 Å². The summed E-state index contributed by atoms with van der Waals surface area (Å²) < 4.78 is 13.5. The van der Waals surface area contributed by atoms with E-state index in [4.69, 9.17) is 28.9 Å². The van der Waals surface area contributed by atoms with Crippen LogP contribution in [0.5, 0.6) is 0 Å². The molecule has 0 radical (unpaired) electrons. The van der Waals surface area contributed by atoms with Crippen LogP contribution in [0.4, 0.5) is 4.39 Å². The molecule has 1 unspecified atom stereocenters. The first-order chi connectivity index (χ1) is 9.97. The molecule has 1 atom stereocenters. The predicted octanol–water partition coefficient (Wildman–Crippen LogP) is 4.64. The van der Waals surface area contributed by atoms with Crippen molar-refractivity contribution in [1.82, 2.24) is 5.32 Å². The van der Waals surface area contributed by atoms with Gasteiger partial charge in [-0.05, 0) is 38.4 Å². The van der Waals surface area contributed by atoms with Crippen LogP contribution in [-0.4, -0.2) is 12.5 Å². The second-order valence-electron chi connectivity index (χ2n) is 5.00. The number of rotatable bonds is 8. The minimum atomic E-state index is -0.543. The molecule has 0 fully saturated rings. The van der Waals surface area contributed by atoms with Crippen LogP contribution in [0.15, 0.2) is 12.1 Å². The number of benzene rings is 1. The summed E-state index contributed by atoms with van der Waals surface area (Å²) in [4.78, 5) is 11.9. The summed E-state index contributed by atoms with van der Waals surface area (Å²) in [5, 5.41) is 3.10. The van der Waals surface area contributed by atoms with E-state index in [1.807, 2.05) is 0 Å². The molecule has 0 saturated heterocycles. The van der Waals surface area contributed by atoms with Gasteiger partial charge in [-0.1, -0.05) is 36.0 Å². The Morgan fingerprint density at radius 3 is 2.55 bits per heavy atom. The van der Waals surface area contributed by atoms with E-state index >= 15 is 0 Å². The monoisotopic (exact) mass is 370 g/mol. The zero-order chi connectivity index (χ0) is 15.8. The van der Waals surface area contributed by atoms with Crippen LogP contribution in [0.3, 0.4) is 0 Å². The number of unbranched alkanes of at least 4 members (excludes halogenated alkanes) is 3. The van der Waals surface area contributed by atoms with Crippen LogP contribution in [0.2, 0.25) is 10.0 Å². The van der Waals surface area contributed by atoms with Crippen LogP contribution in [0.25, 0.3) is 0 Å². The quantitative estimate of drug-likeness (QED) is 0.516. The summed E-state index contributed by atoms with van der Waals surface area (Å²) in [5.41, 5.74) is 5.82. The van der Waals surface area contributed by atoms with E-state index in [9.17, 15) is 9.18 Å². The lowest BCUT2D eigenvalue weighted by molar-refractivity contribution is -0.121. The van der Waals surface area contributed by atoms with Crippen LogP contribution in [-0.2, 0) is 4.79 Å². The summed E-state index contributed by atoms with van der Waals surface area (Å²) in [7, 11) is 0. The molecule has 1 amide bonds. The second-order valence-corrected chi connectivity index (χ2v) is 5.78. The Morgan fingerprint density at radius 1 is 1.27 bits per heavy atom. The Balaban J connectivity index is 0.00000441. The van der Waals surface area contributed by atoms with E-state index < -0.39 is 11.9 Å². The van der Waals surface area contributed by atoms with E-state index in [1.165, 1.54) is 12.1 Å². The summed E-state index contributed by atoms with van der Waals surface area (Å²) >= 11 is 11.9. The third-order valence-electron chi connectivity index (χ3n) is 3.25. The van der Waals surface area contributed by atoms with Gasteiger partial charge in [-0.15, -0.1) is 12.4 Å². The van der Waals surface area contributed by atoms with Crippen molar-refractivity contribution in [2.45, 2.75) is 45.1 Å². The molecule has 0 bridgehead atoms. The fourth-order valence-electron chi connectivity index (χ4n) is 2.11. The van der Waals surface area contributed by atoms with Gasteiger partial charge in [0, 0.05) is 17.0 Å². The number of hydrogen-bond acceptors (Lipinski definition) is 2. The standard InChI is InChI=1S/C15H21Cl2FN2O.ClH/c1-10(14-11(16)7-8-12(18)15(14)17)20-13(21)6-4-2-3-5-9-19;/h7-8,10H,2-6,9,19H2,1H3,(H,20,21);1H. The third kappa shape index (κ3) is 6.69. The summed E-state index contributed by atoms with van der Waals surface area (Å²) in [5.74, 6) is -0.634. The lowest BCUT2D eigenvalue weighted by Crippen LogP contribution is -2.26. The molecule has 0 aliphatic heterocycles. The van der Waals surface area contributed by atoms with E-state index in [1.54, 1.807) is 6.92 Å². The first-order valence-corrected chi connectivity index (χ1v) is 7.85. The Morgan fingerprint density at radius 2 is 1.91 bits per heavy atom. The van der Waals surface area contributed by atoms with Crippen molar-refractivity contribution in [3.05, 3.63) is 33.6 Å². The number of carbonyl (C=O) groups excluding carboxylic acids is 1. The minimum Gasteiger partial charge on any atom is -0.349 e. The third-order valence-corrected chi connectivity index (χ3v) is 3.96. The SMILES string of the molecule is CC(NC(=O)CCCCCCN)c1c(Cl)ccc(F)c1Cl.Cl. The number of amides is 1. The zero-order valence-electron chi connectivity index (χ0n) is 12.5. The average Bonchev–Trinajstić information content (AvgIpc) is 2.43. The highest BCUT2D eigenvalue weighted by Crippen LogP contribution is 2.32. The van der Waals surface area contributed by atoms with Crippen molar-refractivity contribution in [3.8, 4) is 0 Å². The first kappa shape index (κ1) is 21.4. The molecule has 126 valence electrons. The number of halogens is 4. The van der Waals surface area contributed by atoms with Crippen LogP contribution >= 0.6 is 35.6 Å². The highest BCUT2D eigenvalue weighted by atomic mass is 35.5. The molecule has 0 heterocycles. The van der Waals surface area contributed by atoms with Crippen molar-refractivity contribution in [3.63, 3.8) is 0 Å². The van der Waals surface area contributed by atoms with Crippen LogP contribution < -0.4 is 11.1 Å². The molecule has 0 spiro atoms. The topological polar surface area (TPSA) is 55.1 Å². The summed E-state index contributed by atoms with van der Waals surface area (Å²) in [6.07, 6.45) is 4.22. The normalized spacial score (nSPS) is 11.7. The van der Waals surface area contributed by atoms with Gasteiger partial charge in [0.05, 0.1) is 11.1 Å². The minimum absolute atomic E-state index is 0. The van der Waals surface area contributed by atoms with E-state index in [2.05, 4.69) is 5.32 Å². The van der Waals surface area contributed by atoms with E-state index in [0.29, 0.717) is 23.6 Å². The molecular formula is C15H22Cl3FN2O. The maximum Gasteiger partial charge on any atom is 0.220 e. The average molecular weight is 372 g/mol. The number of carbonyl (C=O) groups is 1. The van der Waals surface area contributed by atoms with Gasteiger partial charge in [0.1, 0.15) is 5.82 Å². The highest BCUT2D eigenvalue weighted by molar-refractivity contribution is 6.36. The molecular weight excluding hydrogens is 350 g/mol. The zero-order valence-corrected chi connectivity index (χ0v) is 14.8. The number of nitrogens with two attached hydrogens (primary N) is 1. The maximum atomic E-state index is 13.5. The maximum absolute atomic E-state index is 13.5. The fraction of sp³-hybridized carbons (Fsp3) is 0.533. The van der Waals surface area contributed by atoms with Gasteiger partial charge in [0.15, 0.2) is 0 Å². The molecule has 1 aromatic carbocycles. The van der Waals surface area contributed by atoms with Crippen molar-refractivity contribution in [2.75, 3.05) is 6.54 Å². The Kier molecular flexibility index (Phi) is 10.8. The molecule has 0 aliphatic carbocycles. The lowest BCUT2D eigenvalue weighted by atomic mass is 10.1. The van der Waals surface area contributed by atoms with Gasteiger partial charge >= 0.3 is 0 Å². The molecule has 3 N–H and O–H groups in total. The smallest absolute Gasteiger partial charge is 0.220 e. The molecule has 0 saturated carbocycles. The molecule has 1 aromatic rings. The molecule has 7 heteroatoms. The Bertz CT molecular complexity index is 486.